The smallest absolute Gasteiger partial charge is 0.0925 e. The van der Waals surface area contributed by atoms with Crippen molar-refractivity contribution in [3.05, 3.63) is 77.6 Å². The number of nitrogens with zero attached hydrogens (tertiary/aromatic N) is 3. The van der Waals surface area contributed by atoms with Crippen molar-refractivity contribution in [2.75, 3.05) is 13.6 Å². The second kappa shape index (κ2) is 6.85. The van der Waals surface area contributed by atoms with Crippen LogP contribution in [-0.2, 0) is 13.0 Å². The molecule has 152 valence electrons. The molecule has 6 rings (SSSR count). The molecule has 3 atom stereocenters. The summed E-state index contributed by atoms with van der Waals surface area (Å²) in [6, 6.07) is 20.1. The van der Waals surface area contributed by atoms with Crippen molar-refractivity contribution >= 4 is 10.9 Å². The molecular weight excluding hydrogens is 368 g/mol. The summed E-state index contributed by atoms with van der Waals surface area (Å²) < 4.78 is 2.23. The highest BCUT2D eigenvalue weighted by Crippen LogP contribution is 2.44. The van der Waals surface area contributed by atoms with E-state index in [0.29, 0.717) is 17.9 Å². The molecule has 2 aliphatic rings. The minimum Gasteiger partial charge on any atom is -0.361 e. The van der Waals surface area contributed by atoms with Crippen LogP contribution in [0.25, 0.3) is 22.2 Å². The number of fused-ring (bicyclic) bond motifs is 2. The predicted molar refractivity (Wildman–Crippen MR) is 122 cm³/mol. The highest BCUT2D eigenvalue weighted by atomic mass is 15.3. The number of hydrogen-bond acceptors (Lipinski definition) is 2. The van der Waals surface area contributed by atoms with Gasteiger partial charge in [-0.15, -0.1) is 0 Å². The lowest BCUT2D eigenvalue weighted by Crippen LogP contribution is -2.48. The Labute approximate surface area is 177 Å². The van der Waals surface area contributed by atoms with Gasteiger partial charge < -0.3 is 9.88 Å². The number of likely N-dealkylation sites (N-methyl/N-ethyl adjacent to an activating group) is 1. The molecule has 4 aromatic rings. The first kappa shape index (κ1) is 18.0. The normalized spacial score (nSPS) is 23.6. The van der Waals surface area contributed by atoms with Crippen LogP contribution in [0.1, 0.15) is 29.2 Å². The fraction of sp³-hybridized carbons (Fsp3) is 0.346. The summed E-state index contributed by atoms with van der Waals surface area (Å²) in [6.07, 6.45) is 4.62. The maximum atomic E-state index is 4.96. The van der Waals surface area contributed by atoms with Gasteiger partial charge in [-0.25, -0.2) is 0 Å². The third-order valence-corrected chi connectivity index (χ3v) is 7.29. The van der Waals surface area contributed by atoms with Gasteiger partial charge in [0.2, 0.25) is 0 Å². The minimum atomic E-state index is 0.602. The van der Waals surface area contributed by atoms with Gasteiger partial charge in [-0.1, -0.05) is 42.5 Å². The van der Waals surface area contributed by atoms with E-state index < -0.39 is 0 Å². The molecular formula is C26H28N4. The Bertz CT molecular complexity index is 1200. The van der Waals surface area contributed by atoms with E-state index in [1.165, 1.54) is 34.1 Å². The lowest BCUT2D eigenvalue weighted by atomic mass is 9.72. The van der Waals surface area contributed by atoms with Crippen molar-refractivity contribution in [1.82, 2.24) is 19.7 Å². The zero-order valence-corrected chi connectivity index (χ0v) is 17.7. The molecule has 0 unspecified atom stereocenters. The van der Waals surface area contributed by atoms with Crippen LogP contribution in [0, 0.1) is 12.8 Å². The molecule has 1 aliphatic carbocycles. The second-order valence-electron chi connectivity index (χ2n) is 9.22. The molecule has 0 bridgehead atoms. The van der Waals surface area contributed by atoms with Crippen molar-refractivity contribution in [3.63, 3.8) is 0 Å². The molecule has 4 heteroatoms. The first-order chi connectivity index (χ1) is 14.7. The standard InChI is InChI=1S/C26H28N4/c1-17-11-24(19-7-4-3-5-8-19)28-30(17)16-18-12-22-21-9-6-10-23-26(21)20(14-27-23)13-25(22)29(2)15-18/h3-11,14,18,22,25,27H,12-13,15-16H2,1-2H3/t18-,22-,25-/m1/s1. The number of likely N-dealkylation sites (tertiary alicyclic amines) is 1. The van der Waals surface area contributed by atoms with Crippen LogP contribution in [0.4, 0.5) is 0 Å². The second-order valence-corrected chi connectivity index (χ2v) is 9.22. The number of aryl methyl sites for hydroxylation is 1. The lowest BCUT2D eigenvalue weighted by Gasteiger charge is -2.45. The summed E-state index contributed by atoms with van der Waals surface area (Å²) in [7, 11) is 2.31. The first-order valence-electron chi connectivity index (χ1n) is 11.1. The monoisotopic (exact) mass is 396 g/mol. The predicted octanol–water partition coefficient (Wildman–Crippen LogP) is 5.00. The molecule has 0 amide bonds. The number of aromatic nitrogens is 3. The van der Waals surface area contributed by atoms with Gasteiger partial charge in [0.25, 0.3) is 0 Å². The van der Waals surface area contributed by atoms with Crippen LogP contribution in [0.2, 0.25) is 0 Å². The molecule has 2 aromatic heterocycles. The summed E-state index contributed by atoms with van der Waals surface area (Å²) in [5, 5.41) is 6.44. The third-order valence-electron chi connectivity index (χ3n) is 7.29. The summed E-state index contributed by atoms with van der Waals surface area (Å²) in [5.41, 5.74) is 7.84. The fourth-order valence-electron chi connectivity index (χ4n) is 5.88. The quantitative estimate of drug-likeness (QED) is 0.529. The van der Waals surface area contributed by atoms with Crippen LogP contribution in [-0.4, -0.2) is 39.3 Å². The molecule has 0 spiro atoms. The van der Waals surface area contributed by atoms with Gasteiger partial charge in [0, 0.05) is 53.4 Å². The molecule has 0 saturated carbocycles. The van der Waals surface area contributed by atoms with E-state index >= 15 is 0 Å². The zero-order chi connectivity index (χ0) is 20.2. The molecule has 1 N–H and O–H groups in total. The number of nitrogens with one attached hydrogen (secondary N) is 1. The summed E-state index contributed by atoms with van der Waals surface area (Å²) >= 11 is 0. The van der Waals surface area contributed by atoms with Gasteiger partial charge in [0.15, 0.2) is 0 Å². The van der Waals surface area contributed by atoms with Crippen molar-refractivity contribution in [3.8, 4) is 11.3 Å². The van der Waals surface area contributed by atoms with Crippen molar-refractivity contribution in [2.24, 2.45) is 5.92 Å². The van der Waals surface area contributed by atoms with Gasteiger partial charge in [0.1, 0.15) is 0 Å². The van der Waals surface area contributed by atoms with E-state index in [9.17, 15) is 0 Å². The third kappa shape index (κ3) is 2.82. The minimum absolute atomic E-state index is 0.602. The van der Waals surface area contributed by atoms with Gasteiger partial charge in [0.05, 0.1) is 5.69 Å². The van der Waals surface area contributed by atoms with Gasteiger partial charge in [-0.2, -0.15) is 5.10 Å². The Hall–Kier alpha value is -2.85. The molecule has 2 aromatic carbocycles. The molecule has 3 heterocycles. The molecule has 1 aliphatic heterocycles. The first-order valence-corrected chi connectivity index (χ1v) is 11.1. The largest absolute Gasteiger partial charge is 0.361 e. The lowest BCUT2D eigenvalue weighted by molar-refractivity contribution is 0.101. The number of hydrogen-bond donors (Lipinski definition) is 1. The van der Waals surface area contributed by atoms with Crippen LogP contribution >= 0.6 is 0 Å². The molecule has 30 heavy (non-hydrogen) atoms. The highest BCUT2D eigenvalue weighted by molar-refractivity contribution is 5.88. The van der Waals surface area contributed by atoms with Crippen LogP contribution < -0.4 is 0 Å². The number of rotatable bonds is 3. The average Bonchev–Trinajstić information content (AvgIpc) is 3.34. The molecule has 0 radical (unpaired) electrons. The SMILES string of the molecule is Cc1cc(-c2ccccc2)nn1C[C@@H]1C[C@@H]2c3cccc4[nH]cc(c34)C[C@H]2N(C)C1. The van der Waals surface area contributed by atoms with Gasteiger partial charge >= 0.3 is 0 Å². The molecule has 1 saturated heterocycles. The maximum absolute atomic E-state index is 4.96. The van der Waals surface area contributed by atoms with E-state index in [0.717, 1.165) is 25.2 Å². The van der Waals surface area contributed by atoms with Crippen molar-refractivity contribution < 1.29 is 0 Å². The summed E-state index contributed by atoms with van der Waals surface area (Å²) in [6.45, 7) is 4.31. The molecule has 1 fully saturated rings. The van der Waals surface area contributed by atoms with E-state index in [-0.39, 0.29) is 0 Å². The average molecular weight is 397 g/mol. The Morgan fingerprint density at radius 3 is 2.83 bits per heavy atom. The van der Waals surface area contributed by atoms with Crippen LogP contribution in [0.5, 0.6) is 0 Å². The number of benzene rings is 2. The number of piperidine rings is 1. The topological polar surface area (TPSA) is 36.9 Å². The Morgan fingerprint density at radius 1 is 1.10 bits per heavy atom. The Morgan fingerprint density at radius 2 is 1.97 bits per heavy atom. The van der Waals surface area contributed by atoms with Gasteiger partial charge in [-0.3, -0.25) is 4.68 Å². The Balaban J connectivity index is 1.29. The van der Waals surface area contributed by atoms with Crippen LogP contribution in [0.3, 0.4) is 0 Å². The number of H-pyrrole nitrogens is 1. The Kier molecular flexibility index (Phi) is 4.10. The number of aromatic amines is 1. The van der Waals surface area contributed by atoms with E-state index in [1.807, 2.05) is 0 Å². The van der Waals surface area contributed by atoms with E-state index in [4.69, 9.17) is 5.10 Å². The maximum Gasteiger partial charge on any atom is 0.0925 e. The zero-order valence-electron chi connectivity index (χ0n) is 17.7. The molecule has 4 nitrogen and oxygen atoms in total. The fourth-order valence-corrected chi connectivity index (χ4v) is 5.88. The van der Waals surface area contributed by atoms with Crippen LogP contribution in [0.15, 0.2) is 60.8 Å². The summed E-state index contributed by atoms with van der Waals surface area (Å²) in [4.78, 5) is 6.09. The summed E-state index contributed by atoms with van der Waals surface area (Å²) in [5.74, 6) is 1.21. The van der Waals surface area contributed by atoms with Crippen molar-refractivity contribution in [2.45, 2.75) is 38.3 Å². The highest BCUT2D eigenvalue weighted by Gasteiger charge is 2.39. The van der Waals surface area contributed by atoms with Gasteiger partial charge in [-0.05, 0) is 56.0 Å². The van der Waals surface area contributed by atoms with E-state index in [1.54, 1.807) is 5.56 Å². The van der Waals surface area contributed by atoms with E-state index in [2.05, 4.69) is 89.3 Å². The van der Waals surface area contributed by atoms with Crippen molar-refractivity contribution in [1.29, 1.82) is 0 Å².